The van der Waals surface area contributed by atoms with Crippen molar-refractivity contribution in [2.75, 3.05) is 26.8 Å². The molecule has 2 amide bonds. The number of fused-ring (bicyclic) bond motifs is 3. The number of carbonyl (C=O) groups is 3. The van der Waals surface area contributed by atoms with Crippen LogP contribution in [0.5, 0.6) is 0 Å². The number of aliphatic hydroxyl groups is 1. The maximum atomic E-state index is 13.7. The molecular weight excluding hydrogens is 653 g/mol. The number of cyclic esters (lactones) is 1. The summed E-state index contributed by atoms with van der Waals surface area (Å²) in [4.78, 5) is 41.1. The van der Waals surface area contributed by atoms with Crippen LogP contribution in [0.3, 0.4) is 0 Å². The molecule has 3 aliphatic heterocycles. The SMILES string of the molecule is CC(C)[Si]1(C(C)C)OC[C@@]23C(=O)O[C@@H](C[C@@H](C)C(O)/C=C/C=C/CNC(=O)OCC4c5ccccc5-c5ccccc54)[C@@]2(O1)[C@@H](C)C(=O)N3C. The van der Waals surface area contributed by atoms with Gasteiger partial charge in [0.05, 0.1) is 18.6 Å². The van der Waals surface area contributed by atoms with Gasteiger partial charge in [0.1, 0.15) is 18.3 Å². The molecule has 50 heavy (non-hydrogen) atoms. The van der Waals surface area contributed by atoms with Crippen LogP contribution in [0.25, 0.3) is 11.1 Å². The Morgan fingerprint density at radius 2 is 1.66 bits per heavy atom. The number of ether oxygens (including phenoxy) is 2. The zero-order valence-electron chi connectivity index (χ0n) is 30.1. The van der Waals surface area contributed by atoms with Crippen LogP contribution < -0.4 is 5.32 Å². The third-order valence-corrected chi connectivity index (χ3v) is 16.0. The molecular formula is C39H50N2O8Si. The fourth-order valence-corrected chi connectivity index (χ4v) is 12.7. The lowest BCUT2D eigenvalue weighted by molar-refractivity contribution is -0.158. The van der Waals surface area contributed by atoms with Crippen molar-refractivity contribution in [1.82, 2.24) is 10.2 Å². The van der Waals surface area contributed by atoms with Gasteiger partial charge in [-0.1, -0.05) is 114 Å². The van der Waals surface area contributed by atoms with Gasteiger partial charge in [-0.05, 0) is 45.7 Å². The van der Waals surface area contributed by atoms with Gasteiger partial charge < -0.3 is 33.6 Å². The molecule has 6 atom stereocenters. The highest BCUT2D eigenvalue weighted by molar-refractivity contribution is 6.70. The molecule has 2 aromatic carbocycles. The summed E-state index contributed by atoms with van der Waals surface area (Å²) in [5.41, 5.74) is 2.25. The van der Waals surface area contributed by atoms with Crippen LogP contribution in [-0.4, -0.2) is 86.7 Å². The smallest absolute Gasteiger partial charge is 0.407 e. The first-order chi connectivity index (χ1) is 23.8. The van der Waals surface area contributed by atoms with Crippen molar-refractivity contribution in [1.29, 1.82) is 0 Å². The molecule has 1 unspecified atom stereocenters. The van der Waals surface area contributed by atoms with E-state index >= 15 is 0 Å². The van der Waals surface area contributed by atoms with Crippen molar-refractivity contribution in [3.63, 3.8) is 0 Å². The number of aliphatic hydroxyl groups excluding tert-OH is 1. The number of likely N-dealkylation sites (tertiary alicyclic amines) is 1. The zero-order chi connectivity index (χ0) is 36.0. The molecule has 3 heterocycles. The molecule has 2 N–H and O–H groups in total. The summed E-state index contributed by atoms with van der Waals surface area (Å²) in [7, 11) is -1.26. The molecule has 1 aliphatic carbocycles. The van der Waals surface area contributed by atoms with Crippen molar-refractivity contribution in [3.8, 4) is 11.1 Å². The predicted octanol–water partition coefficient (Wildman–Crippen LogP) is 5.84. The predicted molar refractivity (Wildman–Crippen MR) is 191 cm³/mol. The molecule has 0 saturated carbocycles. The number of nitrogens with zero attached hydrogens (tertiary/aromatic N) is 1. The van der Waals surface area contributed by atoms with E-state index in [-0.39, 0.29) is 48.6 Å². The molecule has 268 valence electrons. The average Bonchev–Trinajstić information content (AvgIpc) is 3.62. The number of carbonyl (C=O) groups excluding carboxylic acids is 3. The largest absolute Gasteiger partial charge is 0.457 e. The second kappa shape index (κ2) is 13.7. The lowest BCUT2D eigenvalue weighted by Crippen LogP contribution is -2.75. The van der Waals surface area contributed by atoms with E-state index in [0.29, 0.717) is 6.42 Å². The highest BCUT2D eigenvalue weighted by atomic mass is 28.4. The maximum absolute atomic E-state index is 13.7. The molecule has 6 rings (SSSR count). The molecule has 4 aliphatic rings. The molecule has 2 aromatic rings. The Kier molecular flexibility index (Phi) is 9.90. The first-order valence-electron chi connectivity index (χ1n) is 17.7. The van der Waals surface area contributed by atoms with Gasteiger partial charge in [0, 0.05) is 19.5 Å². The molecule has 10 nitrogen and oxygen atoms in total. The van der Waals surface area contributed by atoms with Crippen molar-refractivity contribution in [2.24, 2.45) is 11.8 Å². The number of likely N-dealkylation sites (N-methyl/N-ethyl adjacent to an activating group) is 1. The van der Waals surface area contributed by atoms with E-state index in [4.69, 9.17) is 18.3 Å². The molecule has 0 aromatic heterocycles. The Morgan fingerprint density at radius 3 is 2.28 bits per heavy atom. The zero-order valence-corrected chi connectivity index (χ0v) is 31.1. The summed E-state index contributed by atoms with van der Waals surface area (Å²) in [6.07, 6.45) is 5.11. The van der Waals surface area contributed by atoms with Crippen LogP contribution in [0.1, 0.15) is 65.0 Å². The minimum absolute atomic E-state index is 0.00908. The summed E-state index contributed by atoms with van der Waals surface area (Å²) in [5.74, 6) is -1.64. The minimum atomic E-state index is -2.89. The highest BCUT2D eigenvalue weighted by Gasteiger charge is 2.83. The number of esters is 1. The summed E-state index contributed by atoms with van der Waals surface area (Å²) in [6, 6.07) is 16.4. The Balaban J connectivity index is 1.04. The molecule has 0 radical (unpaired) electrons. The van der Waals surface area contributed by atoms with Crippen LogP contribution in [0, 0.1) is 11.8 Å². The fourth-order valence-electron chi connectivity index (χ4n) is 8.70. The summed E-state index contributed by atoms with van der Waals surface area (Å²) in [5, 5.41) is 13.9. The average molecular weight is 703 g/mol. The van der Waals surface area contributed by atoms with E-state index in [1.165, 1.54) is 16.0 Å². The molecule has 3 saturated heterocycles. The van der Waals surface area contributed by atoms with E-state index in [1.54, 1.807) is 31.4 Å². The first kappa shape index (κ1) is 36.0. The second-order valence-electron chi connectivity index (χ2n) is 14.8. The maximum Gasteiger partial charge on any atom is 0.407 e. The van der Waals surface area contributed by atoms with Gasteiger partial charge in [0.15, 0.2) is 5.54 Å². The van der Waals surface area contributed by atoms with Crippen LogP contribution in [0.4, 0.5) is 4.79 Å². The van der Waals surface area contributed by atoms with Crippen molar-refractivity contribution < 1.29 is 37.8 Å². The second-order valence-corrected chi connectivity index (χ2v) is 19.1. The minimum Gasteiger partial charge on any atom is -0.457 e. The van der Waals surface area contributed by atoms with Crippen molar-refractivity contribution >= 4 is 26.5 Å². The number of nitrogens with one attached hydrogen (secondary N) is 1. The van der Waals surface area contributed by atoms with Crippen LogP contribution in [0.2, 0.25) is 11.1 Å². The van der Waals surface area contributed by atoms with Gasteiger partial charge in [0.2, 0.25) is 5.91 Å². The summed E-state index contributed by atoms with van der Waals surface area (Å²) < 4.78 is 25.3. The van der Waals surface area contributed by atoms with E-state index < -0.39 is 49.9 Å². The molecule has 3 fully saturated rings. The summed E-state index contributed by atoms with van der Waals surface area (Å²) >= 11 is 0. The first-order valence-corrected chi connectivity index (χ1v) is 19.7. The van der Waals surface area contributed by atoms with Gasteiger partial charge in [-0.15, -0.1) is 0 Å². The van der Waals surface area contributed by atoms with Gasteiger partial charge >= 0.3 is 20.6 Å². The number of benzene rings is 2. The number of hydrogen-bond acceptors (Lipinski definition) is 8. The Labute approximate surface area is 296 Å². The number of amides is 2. The van der Waals surface area contributed by atoms with E-state index in [0.717, 1.165) is 11.1 Å². The highest BCUT2D eigenvalue weighted by Crippen LogP contribution is 2.60. The molecule has 11 heteroatoms. The number of alkyl carbamates (subject to hydrolysis) is 1. The quantitative estimate of drug-likeness (QED) is 0.170. The topological polar surface area (TPSA) is 124 Å². The fraction of sp³-hybridized carbons (Fsp3) is 0.513. The van der Waals surface area contributed by atoms with E-state index in [2.05, 4.69) is 57.3 Å². The van der Waals surface area contributed by atoms with Crippen molar-refractivity contribution in [2.45, 2.75) is 88.3 Å². The Morgan fingerprint density at radius 1 is 1.04 bits per heavy atom. The van der Waals surface area contributed by atoms with Gasteiger partial charge in [-0.2, -0.15) is 0 Å². The van der Waals surface area contributed by atoms with Crippen LogP contribution in [-0.2, 0) is 27.9 Å². The van der Waals surface area contributed by atoms with Crippen molar-refractivity contribution in [3.05, 3.63) is 84.0 Å². The normalized spacial score (nSPS) is 28.2. The van der Waals surface area contributed by atoms with Gasteiger partial charge in [-0.3, -0.25) is 4.79 Å². The van der Waals surface area contributed by atoms with Crippen LogP contribution in [0.15, 0.2) is 72.8 Å². The van der Waals surface area contributed by atoms with Crippen LogP contribution >= 0.6 is 0 Å². The van der Waals surface area contributed by atoms with E-state index in [1.807, 2.05) is 38.1 Å². The Bertz CT molecular complexity index is 1640. The molecule has 0 bridgehead atoms. The molecule has 0 spiro atoms. The number of hydrogen-bond donors (Lipinski definition) is 2. The third kappa shape index (κ3) is 5.53. The third-order valence-electron chi connectivity index (χ3n) is 11.5. The Hall–Kier alpha value is -3.77. The number of rotatable bonds is 11. The summed E-state index contributed by atoms with van der Waals surface area (Å²) in [6.45, 7) is 12.6. The van der Waals surface area contributed by atoms with E-state index in [9.17, 15) is 19.5 Å². The standard InChI is InChI=1S/C39H50N2O8Si/c1-24(2)50(25(3)4)47-23-38-36(44)48-34(39(38,49-50)27(6)35(43)41(38)7)21-26(5)33(42)19-9-8-14-20-40-37(45)46-22-32-30-17-12-10-15-28(30)29-16-11-13-18-31(29)32/h8-19,24-27,32-34,42H,20-23H2,1-7H3,(H,40,45)/b14-8+,19-9+/t26-,27+,33?,34+,38-,39+/m1/s1. The van der Waals surface area contributed by atoms with Gasteiger partial charge in [0.25, 0.3) is 0 Å². The monoisotopic (exact) mass is 702 g/mol. The number of allylic oxidation sites excluding steroid dienone is 2. The lowest BCUT2D eigenvalue weighted by Gasteiger charge is -2.55. The lowest BCUT2D eigenvalue weighted by atomic mass is 9.72. The van der Waals surface area contributed by atoms with Gasteiger partial charge in [-0.25, -0.2) is 9.59 Å².